The normalized spacial score (nSPS) is 13.1. The molecule has 1 aromatic heterocycles. The highest BCUT2D eigenvalue weighted by molar-refractivity contribution is 6.68. The number of carbonyl (C=O) groups is 1. The Balaban J connectivity index is 2.05. The maximum absolute atomic E-state index is 12.2. The van der Waals surface area contributed by atoms with Crippen LogP contribution in [0.5, 0.6) is 0 Å². The molecule has 0 aliphatic rings. The van der Waals surface area contributed by atoms with E-state index in [1.807, 2.05) is 0 Å². The van der Waals surface area contributed by atoms with Crippen molar-refractivity contribution in [2.75, 3.05) is 0 Å². The van der Waals surface area contributed by atoms with Crippen LogP contribution in [-0.4, -0.2) is 25.4 Å². The highest BCUT2D eigenvalue weighted by atomic mass is 35.6. The fourth-order valence-electron chi connectivity index (χ4n) is 1.80. The van der Waals surface area contributed by atoms with Crippen LogP contribution in [0.15, 0.2) is 35.4 Å². The summed E-state index contributed by atoms with van der Waals surface area (Å²) in [6.45, 7) is 1.62. The van der Waals surface area contributed by atoms with Gasteiger partial charge in [0.2, 0.25) is 3.79 Å². The van der Waals surface area contributed by atoms with Gasteiger partial charge >= 0.3 is 5.97 Å². The summed E-state index contributed by atoms with van der Waals surface area (Å²) in [6, 6.07) is 6.99. The second-order valence-electron chi connectivity index (χ2n) is 4.68. The molecule has 1 atom stereocenters. The molecule has 0 spiro atoms. The van der Waals surface area contributed by atoms with Crippen LogP contribution in [0.2, 0.25) is 0 Å². The first kappa shape index (κ1) is 17.1. The van der Waals surface area contributed by atoms with Crippen molar-refractivity contribution in [3.63, 3.8) is 0 Å². The molecule has 1 aromatic carbocycles. The first-order valence-electron chi connectivity index (χ1n) is 6.49. The van der Waals surface area contributed by atoms with Gasteiger partial charge in [-0.05, 0) is 19.1 Å². The smallest absolute Gasteiger partial charge is 0.308 e. The summed E-state index contributed by atoms with van der Waals surface area (Å²) in [4.78, 5) is 28.1. The van der Waals surface area contributed by atoms with E-state index in [0.717, 1.165) is 0 Å². The van der Waals surface area contributed by atoms with Gasteiger partial charge in [-0.25, -0.2) is 4.98 Å². The van der Waals surface area contributed by atoms with Crippen LogP contribution < -0.4 is 5.56 Å². The van der Waals surface area contributed by atoms with Gasteiger partial charge in [-0.3, -0.25) is 14.2 Å². The van der Waals surface area contributed by atoms with Crippen molar-refractivity contribution in [1.29, 1.82) is 0 Å². The summed E-state index contributed by atoms with van der Waals surface area (Å²) in [5.74, 6) is -0.557. The Morgan fingerprint density at radius 3 is 2.73 bits per heavy atom. The van der Waals surface area contributed by atoms with Gasteiger partial charge in [-0.1, -0.05) is 46.9 Å². The third kappa shape index (κ3) is 4.12. The molecule has 0 radical (unpaired) electrons. The molecule has 0 saturated heterocycles. The van der Waals surface area contributed by atoms with E-state index in [4.69, 9.17) is 39.5 Å². The molecule has 0 aliphatic carbocycles. The van der Waals surface area contributed by atoms with Crippen molar-refractivity contribution >= 4 is 51.7 Å². The van der Waals surface area contributed by atoms with E-state index in [2.05, 4.69) is 4.98 Å². The number of esters is 1. The van der Waals surface area contributed by atoms with Gasteiger partial charge in [-0.15, -0.1) is 0 Å². The van der Waals surface area contributed by atoms with E-state index in [1.165, 1.54) is 17.8 Å². The highest BCUT2D eigenvalue weighted by Crippen LogP contribution is 2.32. The summed E-state index contributed by atoms with van der Waals surface area (Å²) in [5.41, 5.74) is 0.393. The van der Waals surface area contributed by atoms with Gasteiger partial charge in [0.05, 0.1) is 23.7 Å². The minimum atomic E-state index is -1.68. The third-order valence-electron chi connectivity index (χ3n) is 3.06. The topological polar surface area (TPSA) is 61.2 Å². The minimum Gasteiger partial charge on any atom is -0.458 e. The van der Waals surface area contributed by atoms with Crippen molar-refractivity contribution in [2.24, 2.45) is 0 Å². The number of aromatic nitrogens is 2. The van der Waals surface area contributed by atoms with Crippen LogP contribution in [-0.2, 0) is 16.1 Å². The average Bonchev–Trinajstić information content (AvgIpc) is 2.46. The Kier molecular flexibility index (Phi) is 5.32. The second-order valence-corrected chi connectivity index (χ2v) is 7.05. The molecule has 0 fully saturated rings. The lowest BCUT2D eigenvalue weighted by Crippen LogP contribution is -2.29. The standard InChI is InChI=1S/C14H13Cl3N2O3/c1-9(14(15,16)17)22-12(20)6-7-19-8-18-11-5-3-2-4-10(11)13(19)21/h2-5,8-9H,6-7H2,1H3/t9-/m0/s1. The van der Waals surface area contributed by atoms with Gasteiger partial charge in [0, 0.05) is 6.54 Å². The van der Waals surface area contributed by atoms with Crippen LogP contribution in [0.25, 0.3) is 10.9 Å². The van der Waals surface area contributed by atoms with E-state index in [9.17, 15) is 9.59 Å². The Hall–Kier alpha value is -1.30. The Morgan fingerprint density at radius 2 is 2.05 bits per heavy atom. The van der Waals surface area contributed by atoms with Crippen LogP contribution in [0.4, 0.5) is 0 Å². The van der Waals surface area contributed by atoms with E-state index in [0.29, 0.717) is 10.9 Å². The number of fused-ring (bicyclic) bond motifs is 1. The zero-order chi connectivity index (χ0) is 16.3. The highest BCUT2D eigenvalue weighted by Gasteiger charge is 2.31. The van der Waals surface area contributed by atoms with Gasteiger partial charge in [0.1, 0.15) is 6.10 Å². The molecular weight excluding hydrogens is 351 g/mol. The molecule has 5 nitrogen and oxygen atoms in total. The number of ether oxygens (including phenoxy) is 1. The molecule has 2 aromatic rings. The first-order chi connectivity index (χ1) is 10.3. The molecule has 0 aliphatic heterocycles. The predicted molar refractivity (Wildman–Crippen MR) is 86.5 cm³/mol. The maximum atomic E-state index is 12.2. The van der Waals surface area contributed by atoms with Crippen LogP contribution in [0, 0.1) is 0 Å². The molecular formula is C14H13Cl3N2O3. The summed E-state index contributed by atoms with van der Waals surface area (Å²) in [6.07, 6.45) is 0.498. The first-order valence-corrected chi connectivity index (χ1v) is 7.63. The van der Waals surface area contributed by atoms with Crippen molar-refractivity contribution in [2.45, 2.75) is 29.8 Å². The lowest BCUT2D eigenvalue weighted by atomic mass is 10.2. The molecule has 22 heavy (non-hydrogen) atoms. The van der Waals surface area contributed by atoms with Crippen molar-refractivity contribution < 1.29 is 9.53 Å². The number of carbonyl (C=O) groups excluding carboxylic acids is 1. The monoisotopic (exact) mass is 362 g/mol. The molecule has 118 valence electrons. The number of alkyl halides is 3. The number of hydrogen-bond donors (Lipinski definition) is 0. The summed E-state index contributed by atoms with van der Waals surface area (Å²) in [5, 5.41) is 0.494. The number of nitrogens with zero attached hydrogens (tertiary/aromatic N) is 2. The number of halogens is 3. The van der Waals surface area contributed by atoms with Gasteiger partial charge in [-0.2, -0.15) is 0 Å². The molecule has 1 heterocycles. The van der Waals surface area contributed by atoms with Crippen LogP contribution in [0.3, 0.4) is 0 Å². The van der Waals surface area contributed by atoms with E-state index >= 15 is 0 Å². The zero-order valence-corrected chi connectivity index (χ0v) is 13.9. The molecule has 0 N–H and O–H groups in total. The average molecular weight is 364 g/mol. The van der Waals surface area contributed by atoms with Crippen molar-refractivity contribution in [3.8, 4) is 0 Å². The lowest BCUT2D eigenvalue weighted by Gasteiger charge is -2.20. The van der Waals surface area contributed by atoms with Gasteiger partial charge in [0.15, 0.2) is 0 Å². The zero-order valence-electron chi connectivity index (χ0n) is 11.6. The lowest BCUT2D eigenvalue weighted by molar-refractivity contribution is -0.148. The fourth-order valence-corrected chi connectivity index (χ4v) is 1.93. The number of rotatable bonds is 4. The Bertz CT molecular complexity index is 740. The van der Waals surface area contributed by atoms with E-state index < -0.39 is 15.9 Å². The Labute approximate surface area is 141 Å². The number of benzene rings is 1. The maximum Gasteiger partial charge on any atom is 0.308 e. The summed E-state index contributed by atoms with van der Waals surface area (Å²) < 4.78 is 4.66. The van der Waals surface area contributed by atoms with Crippen molar-refractivity contribution in [1.82, 2.24) is 9.55 Å². The van der Waals surface area contributed by atoms with Gasteiger partial charge < -0.3 is 4.74 Å². The molecule has 8 heteroatoms. The molecule has 2 rings (SSSR count). The SMILES string of the molecule is C[C@H](OC(=O)CCn1cnc2ccccc2c1=O)C(Cl)(Cl)Cl. The van der Waals surface area contributed by atoms with Gasteiger partial charge in [0.25, 0.3) is 5.56 Å². The number of para-hydroxylation sites is 1. The Morgan fingerprint density at radius 1 is 1.36 bits per heavy atom. The summed E-state index contributed by atoms with van der Waals surface area (Å²) >= 11 is 16.9. The number of aryl methyl sites for hydroxylation is 1. The van der Waals surface area contributed by atoms with E-state index in [1.54, 1.807) is 24.3 Å². The molecule has 0 bridgehead atoms. The summed E-state index contributed by atoms with van der Waals surface area (Å²) in [7, 11) is 0. The van der Waals surface area contributed by atoms with Crippen LogP contribution >= 0.6 is 34.8 Å². The molecule has 0 saturated carbocycles. The second kappa shape index (κ2) is 6.86. The molecule has 0 amide bonds. The van der Waals surface area contributed by atoms with E-state index in [-0.39, 0.29) is 18.5 Å². The van der Waals surface area contributed by atoms with Crippen LogP contribution in [0.1, 0.15) is 13.3 Å². The predicted octanol–water partition coefficient (Wildman–Crippen LogP) is 3.09. The number of hydrogen-bond acceptors (Lipinski definition) is 4. The largest absolute Gasteiger partial charge is 0.458 e. The quantitative estimate of drug-likeness (QED) is 0.618. The molecule has 0 unspecified atom stereocenters. The fraction of sp³-hybridized carbons (Fsp3) is 0.357. The minimum absolute atomic E-state index is 0.0228. The van der Waals surface area contributed by atoms with Crippen molar-refractivity contribution in [3.05, 3.63) is 40.9 Å². The third-order valence-corrected chi connectivity index (χ3v) is 3.98.